The van der Waals surface area contributed by atoms with Crippen LogP contribution in [0.25, 0.3) is 0 Å². The van der Waals surface area contributed by atoms with Crippen LogP contribution in [-0.2, 0) is 16.0 Å². The normalized spacial score (nSPS) is 18.6. The molecule has 1 saturated heterocycles. The molecule has 1 N–H and O–H groups in total. The Hall–Kier alpha value is -1.88. The van der Waals surface area contributed by atoms with Crippen molar-refractivity contribution in [2.45, 2.75) is 57.8 Å². The van der Waals surface area contributed by atoms with Gasteiger partial charge in [0.2, 0.25) is 5.91 Å². The molecule has 1 heterocycles. The molecule has 2 aliphatic rings. The van der Waals surface area contributed by atoms with E-state index in [0.29, 0.717) is 36.5 Å². The summed E-state index contributed by atoms with van der Waals surface area (Å²) >= 11 is 0. The third-order valence-electron chi connectivity index (χ3n) is 6.49. The number of carbonyl (C=O) groups is 2. The van der Waals surface area contributed by atoms with Crippen LogP contribution in [0.2, 0.25) is 0 Å². The Morgan fingerprint density at radius 1 is 1.00 bits per heavy atom. The van der Waals surface area contributed by atoms with Crippen LogP contribution in [0.15, 0.2) is 24.3 Å². The maximum atomic E-state index is 12.6. The minimum absolute atomic E-state index is 0.0570. The predicted octanol–water partition coefficient (Wildman–Crippen LogP) is 3.81. The fraction of sp³-hybridized carbons (Fsp3) is 0.667. The van der Waals surface area contributed by atoms with E-state index >= 15 is 0 Å². The average Bonchev–Trinajstić information content (AvgIpc) is 2.75. The van der Waals surface area contributed by atoms with Gasteiger partial charge in [-0.3, -0.25) is 9.59 Å². The number of piperidine rings is 1. The molecule has 2 fully saturated rings. The van der Waals surface area contributed by atoms with Crippen molar-refractivity contribution in [3.63, 3.8) is 0 Å². The Kier molecular flexibility index (Phi) is 8.53. The van der Waals surface area contributed by atoms with Crippen LogP contribution in [0.3, 0.4) is 0 Å². The van der Waals surface area contributed by atoms with Crippen molar-refractivity contribution in [2.75, 3.05) is 33.4 Å². The van der Waals surface area contributed by atoms with E-state index in [-0.39, 0.29) is 5.91 Å². The smallest absolute Gasteiger partial charge is 0.251 e. The summed E-state index contributed by atoms with van der Waals surface area (Å²) in [6.45, 7) is 2.84. The van der Waals surface area contributed by atoms with Crippen LogP contribution in [0, 0.1) is 11.8 Å². The lowest BCUT2D eigenvalue weighted by Crippen LogP contribution is -2.39. The van der Waals surface area contributed by atoms with Gasteiger partial charge in [0.15, 0.2) is 0 Å². The average molecular weight is 401 g/mol. The molecule has 2 amide bonds. The maximum Gasteiger partial charge on any atom is 0.251 e. The SMILES string of the molecule is COCCNC(=O)c1ccc(CC2CCN(C(=O)CC3CCCCC3)CC2)cc1. The summed E-state index contributed by atoms with van der Waals surface area (Å²) in [7, 11) is 1.62. The number of nitrogens with zero attached hydrogens (tertiary/aromatic N) is 1. The molecule has 1 aromatic carbocycles. The highest BCUT2D eigenvalue weighted by Crippen LogP contribution is 2.28. The molecule has 3 rings (SSSR count). The largest absolute Gasteiger partial charge is 0.383 e. The quantitative estimate of drug-likeness (QED) is 0.675. The van der Waals surface area contributed by atoms with Gasteiger partial charge in [0.25, 0.3) is 5.91 Å². The van der Waals surface area contributed by atoms with Gasteiger partial charge in [-0.05, 0) is 61.6 Å². The van der Waals surface area contributed by atoms with Crippen molar-refractivity contribution in [1.29, 1.82) is 0 Å². The number of hydrogen-bond acceptors (Lipinski definition) is 3. The van der Waals surface area contributed by atoms with Crippen LogP contribution >= 0.6 is 0 Å². The summed E-state index contributed by atoms with van der Waals surface area (Å²) in [6.07, 6.45) is 10.4. The highest BCUT2D eigenvalue weighted by atomic mass is 16.5. The van der Waals surface area contributed by atoms with Crippen molar-refractivity contribution in [1.82, 2.24) is 10.2 Å². The number of rotatable bonds is 8. The Labute approximate surface area is 175 Å². The number of benzene rings is 1. The summed E-state index contributed by atoms with van der Waals surface area (Å²) in [5.41, 5.74) is 1.96. The van der Waals surface area contributed by atoms with Crippen LogP contribution in [0.1, 0.15) is 67.3 Å². The molecule has 5 nitrogen and oxygen atoms in total. The molecule has 1 aromatic rings. The lowest BCUT2D eigenvalue weighted by molar-refractivity contribution is -0.133. The topological polar surface area (TPSA) is 58.6 Å². The third-order valence-corrected chi connectivity index (χ3v) is 6.49. The fourth-order valence-electron chi connectivity index (χ4n) is 4.65. The van der Waals surface area contributed by atoms with Gasteiger partial charge in [-0.25, -0.2) is 0 Å². The Bertz CT molecular complexity index is 645. The van der Waals surface area contributed by atoms with Gasteiger partial charge < -0.3 is 15.0 Å². The van der Waals surface area contributed by atoms with E-state index in [9.17, 15) is 9.59 Å². The van der Waals surface area contributed by atoms with Crippen LogP contribution in [0.4, 0.5) is 0 Å². The zero-order chi connectivity index (χ0) is 20.5. The molecular weight excluding hydrogens is 364 g/mol. The number of amides is 2. The maximum absolute atomic E-state index is 12.6. The van der Waals surface area contributed by atoms with Gasteiger partial charge >= 0.3 is 0 Å². The number of methoxy groups -OCH3 is 1. The lowest BCUT2D eigenvalue weighted by atomic mass is 9.86. The molecular formula is C24H36N2O3. The second-order valence-electron chi connectivity index (χ2n) is 8.68. The van der Waals surface area contributed by atoms with Gasteiger partial charge in [-0.1, -0.05) is 31.4 Å². The van der Waals surface area contributed by atoms with Crippen molar-refractivity contribution >= 4 is 11.8 Å². The molecule has 0 bridgehead atoms. The van der Waals surface area contributed by atoms with E-state index < -0.39 is 0 Å². The second kappa shape index (κ2) is 11.3. The molecule has 0 unspecified atom stereocenters. The van der Waals surface area contributed by atoms with E-state index in [0.717, 1.165) is 38.8 Å². The van der Waals surface area contributed by atoms with Gasteiger partial charge in [-0.2, -0.15) is 0 Å². The van der Waals surface area contributed by atoms with E-state index in [1.165, 1.54) is 37.7 Å². The first-order valence-electron chi connectivity index (χ1n) is 11.3. The second-order valence-corrected chi connectivity index (χ2v) is 8.68. The Morgan fingerprint density at radius 3 is 2.34 bits per heavy atom. The first-order chi connectivity index (χ1) is 14.2. The molecule has 1 aliphatic carbocycles. The fourth-order valence-corrected chi connectivity index (χ4v) is 4.65. The third kappa shape index (κ3) is 6.84. The first kappa shape index (κ1) is 21.8. The van der Waals surface area contributed by atoms with E-state index in [1.807, 2.05) is 12.1 Å². The minimum Gasteiger partial charge on any atom is -0.383 e. The van der Waals surface area contributed by atoms with Gasteiger partial charge in [-0.15, -0.1) is 0 Å². The summed E-state index contributed by atoms with van der Waals surface area (Å²) in [4.78, 5) is 26.8. The minimum atomic E-state index is -0.0570. The van der Waals surface area contributed by atoms with Crippen LogP contribution in [0.5, 0.6) is 0 Å². The number of hydrogen-bond donors (Lipinski definition) is 1. The Morgan fingerprint density at radius 2 is 1.69 bits per heavy atom. The van der Waals surface area contributed by atoms with E-state index in [1.54, 1.807) is 7.11 Å². The monoisotopic (exact) mass is 400 g/mol. The molecule has 0 spiro atoms. The summed E-state index contributed by atoms with van der Waals surface area (Å²) < 4.78 is 4.95. The summed E-state index contributed by atoms with van der Waals surface area (Å²) in [6, 6.07) is 7.93. The van der Waals surface area contributed by atoms with Crippen molar-refractivity contribution in [3.05, 3.63) is 35.4 Å². The molecule has 1 saturated carbocycles. The Balaban J connectivity index is 1.39. The number of ether oxygens (including phenoxy) is 1. The number of nitrogens with one attached hydrogen (secondary N) is 1. The van der Waals surface area contributed by atoms with Crippen molar-refractivity contribution in [3.8, 4) is 0 Å². The van der Waals surface area contributed by atoms with Gasteiger partial charge in [0.1, 0.15) is 0 Å². The van der Waals surface area contributed by atoms with Gasteiger partial charge in [0, 0.05) is 38.7 Å². The first-order valence-corrected chi connectivity index (χ1v) is 11.3. The highest BCUT2D eigenvalue weighted by molar-refractivity contribution is 5.94. The van der Waals surface area contributed by atoms with Gasteiger partial charge in [0.05, 0.1) is 6.61 Å². The lowest BCUT2D eigenvalue weighted by Gasteiger charge is -2.33. The molecule has 5 heteroatoms. The summed E-state index contributed by atoms with van der Waals surface area (Å²) in [5.74, 6) is 1.56. The molecule has 1 aliphatic heterocycles. The van der Waals surface area contributed by atoms with Crippen LogP contribution < -0.4 is 5.32 Å². The summed E-state index contributed by atoms with van der Waals surface area (Å²) in [5, 5.41) is 2.84. The van der Waals surface area contributed by atoms with Crippen molar-refractivity contribution < 1.29 is 14.3 Å². The zero-order valence-electron chi connectivity index (χ0n) is 17.8. The molecule has 0 atom stereocenters. The van der Waals surface area contributed by atoms with Crippen molar-refractivity contribution in [2.24, 2.45) is 11.8 Å². The zero-order valence-corrected chi connectivity index (χ0v) is 17.8. The highest BCUT2D eigenvalue weighted by Gasteiger charge is 2.25. The van der Waals surface area contributed by atoms with E-state index in [4.69, 9.17) is 4.74 Å². The predicted molar refractivity (Wildman–Crippen MR) is 115 cm³/mol. The van der Waals surface area contributed by atoms with Crippen LogP contribution in [-0.4, -0.2) is 50.1 Å². The molecule has 29 heavy (non-hydrogen) atoms. The standard InChI is InChI=1S/C24H36N2O3/c1-29-16-13-25-24(28)22-9-7-20(8-10-22)17-21-11-14-26(15-12-21)23(27)18-19-5-3-2-4-6-19/h7-10,19,21H,2-6,11-18H2,1H3,(H,25,28). The number of likely N-dealkylation sites (tertiary alicyclic amines) is 1. The molecule has 160 valence electrons. The molecule has 0 aromatic heterocycles. The molecule has 0 radical (unpaired) electrons. The van der Waals surface area contributed by atoms with E-state index in [2.05, 4.69) is 22.3 Å². The number of carbonyl (C=O) groups excluding carboxylic acids is 2.